The van der Waals surface area contributed by atoms with Crippen molar-refractivity contribution < 1.29 is 24.2 Å². The van der Waals surface area contributed by atoms with Crippen molar-refractivity contribution >= 4 is 17.7 Å². The Balaban J connectivity index is 2.41. The van der Waals surface area contributed by atoms with Gasteiger partial charge in [-0.2, -0.15) is 0 Å². The zero-order valence-corrected chi connectivity index (χ0v) is 12.4. The third-order valence-corrected chi connectivity index (χ3v) is 2.99. The molecule has 0 saturated carbocycles. The average molecular weight is 293 g/mol. The van der Waals surface area contributed by atoms with E-state index in [2.05, 4.69) is 0 Å². The molecule has 1 N–H and O–H groups in total. The molecule has 1 aliphatic heterocycles. The fraction of sp³-hybridized carbons (Fsp3) is 0.467. The van der Waals surface area contributed by atoms with E-state index >= 15 is 0 Å². The Bertz CT molecular complexity index is 562. The van der Waals surface area contributed by atoms with Crippen molar-refractivity contribution in [3.8, 4) is 0 Å². The smallest absolute Gasteiger partial charge is 0.414 e. The maximum Gasteiger partial charge on any atom is 0.414 e. The summed E-state index contributed by atoms with van der Waals surface area (Å²) in [4.78, 5) is 25.0. The van der Waals surface area contributed by atoms with Gasteiger partial charge in [0, 0.05) is 5.56 Å². The van der Waals surface area contributed by atoms with Gasteiger partial charge in [0.1, 0.15) is 5.60 Å². The van der Waals surface area contributed by atoms with Gasteiger partial charge in [-0.15, -0.1) is 0 Å². The summed E-state index contributed by atoms with van der Waals surface area (Å²) in [6, 6.07) is 4.83. The van der Waals surface area contributed by atoms with Crippen LogP contribution in [-0.4, -0.2) is 35.9 Å². The number of amides is 1. The van der Waals surface area contributed by atoms with Crippen LogP contribution < -0.4 is 4.90 Å². The van der Waals surface area contributed by atoms with Crippen LogP contribution in [0.15, 0.2) is 18.2 Å². The molecule has 2 rings (SSSR count). The van der Waals surface area contributed by atoms with Gasteiger partial charge in [-0.25, -0.2) is 9.59 Å². The standard InChI is InChI=1S/C15H19NO5/c1-15(2,3)21-14(19)16-7-8-20-9-11-10(13(17)18)5-4-6-12(11)16/h4-6H,7-9H2,1-3H3,(H,17,18). The van der Waals surface area contributed by atoms with Crippen molar-refractivity contribution in [3.63, 3.8) is 0 Å². The summed E-state index contributed by atoms with van der Waals surface area (Å²) in [5, 5.41) is 9.25. The highest BCUT2D eigenvalue weighted by molar-refractivity contribution is 5.95. The van der Waals surface area contributed by atoms with Gasteiger partial charge in [-0.05, 0) is 32.9 Å². The van der Waals surface area contributed by atoms with Crippen molar-refractivity contribution in [1.82, 2.24) is 0 Å². The Morgan fingerprint density at radius 2 is 2.05 bits per heavy atom. The van der Waals surface area contributed by atoms with Crippen molar-refractivity contribution in [2.75, 3.05) is 18.1 Å². The van der Waals surface area contributed by atoms with Crippen LogP contribution in [0.4, 0.5) is 10.5 Å². The highest BCUT2D eigenvalue weighted by atomic mass is 16.6. The molecule has 0 aliphatic carbocycles. The number of rotatable bonds is 1. The Labute approximate surface area is 123 Å². The Morgan fingerprint density at radius 1 is 1.33 bits per heavy atom. The molecule has 0 atom stereocenters. The Hall–Kier alpha value is -2.08. The second kappa shape index (κ2) is 5.73. The van der Waals surface area contributed by atoms with Crippen LogP contribution in [0.2, 0.25) is 0 Å². The molecular formula is C15H19NO5. The quantitative estimate of drug-likeness (QED) is 0.861. The minimum atomic E-state index is -1.04. The van der Waals surface area contributed by atoms with E-state index in [-0.39, 0.29) is 12.2 Å². The van der Waals surface area contributed by atoms with Gasteiger partial charge < -0.3 is 14.6 Å². The lowest BCUT2D eigenvalue weighted by Crippen LogP contribution is -2.38. The number of nitrogens with zero attached hydrogens (tertiary/aromatic N) is 1. The van der Waals surface area contributed by atoms with E-state index in [1.165, 1.54) is 11.0 Å². The molecule has 6 heteroatoms. The number of aromatic carboxylic acids is 1. The molecule has 1 heterocycles. The van der Waals surface area contributed by atoms with E-state index in [0.717, 1.165) is 0 Å². The first-order valence-electron chi connectivity index (χ1n) is 6.73. The number of hydrogen-bond acceptors (Lipinski definition) is 4. The second-order valence-corrected chi connectivity index (χ2v) is 5.79. The van der Waals surface area contributed by atoms with Crippen molar-refractivity contribution in [2.45, 2.75) is 33.0 Å². The molecule has 1 aromatic carbocycles. The van der Waals surface area contributed by atoms with Gasteiger partial charge in [0.25, 0.3) is 0 Å². The monoisotopic (exact) mass is 293 g/mol. The predicted octanol–water partition coefficient (Wildman–Crippen LogP) is 2.66. The van der Waals surface area contributed by atoms with Crippen LogP contribution >= 0.6 is 0 Å². The molecule has 0 unspecified atom stereocenters. The van der Waals surface area contributed by atoms with Crippen LogP contribution in [0.1, 0.15) is 36.7 Å². The molecule has 0 fully saturated rings. The van der Waals surface area contributed by atoms with E-state index in [4.69, 9.17) is 9.47 Å². The van der Waals surface area contributed by atoms with Gasteiger partial charge >= 0.3 is 12.1 Å². The van der Waals surface area contributed by atoms with Crippen LogP contribution in [0, 0.1) is 0 Å². The molecular weight excluding hydrogens is 274 g/mol. The highest BCUT2D eigenvalue weighted by Crippen LogP contribution is 2.28. The molecule has 0 spiro atoms. The zero-order valence-electron chi connectivity index (χ0n) is 12.4. The van der Waals surface area contributed by atoms with E-state index in [1.807, 2.05) is 0 Å². The van der Waals surface area contributed by atoms with Crippen LogP contribution in [0.3, 0.4) is 0 Å². The minimum absolute atomic E-state index is 0.142. The Kier molecular flexibility index (Phi) is 4.18. The SMILES string of the molecule is CC(C)(C)OC(=O)N1CCOCc2c(C(=O)O)cccc21. The predicted molar refractivity (Wildman–Crippen MR) is 76.6 cm³/mol. The van der Waals surface area contributed by atoms with Crippen molar-refractivity contribution in [3.05, 3.63) is 29.3 Å². The van der Waals surface area contributed by atoms with Gasteiger partial charge in [0.05, 0.1) is 31.0 Å². The number of ether oxygens (including phenoxy) is 2. The molecule has 0 bridgehead atoms. The van der Waals surface area contributed by atoms with Gasteiger partial charge in [-0.1, -0.05) is 6.07 Å². The number of fused-ring (bicyclic) bond motifs is 1. The van der Waals surface area contributed by atoms with Gasteiger partial charge in [0.2, 0.25) is 0 Å². The summed E-state index contributed by atoms with van der Waals surface area (Å²) in [7, 11) is 0. The number of anilines is 1. The second-order valence-electron chi connectivity index (χ2n) is 5.79. The molecule has 6 nitrogen and oxygen atoms in total. The first-order valence-corrected chi connectivity index (χ1v) is 6.73. The fourth-order valence-electron chi connectivity index (χ4n) is 2.14. The number of benzene rings is 1. The first kappa shape index (κ1) is 15.3. The molecule has 114 valence electrons. The molecule has 1 aliphatic rings. The maximum atomic E-state index is 12.3. The third kappa shape index (κ3) is 3.52. The lowest BCUT2D eigenvalue weighted by molar-refractivity contribution is 0.0566. The van der Waals surface area contributed by atoms with E-state index in [1.54, 1.807) is 32.9 Å². The molecule has 0 aromatic heterocycles. The zero-order chi connectivity index (χ0) is 15.6. The van der Waals surface area contributed by atoms with Gasteiger partial charge in [-0.3, -0.25) is 4.90 Å². The highest BCUT2D eigenvalue weighted by Gasteiger charge is 2.28. The summed E-state index contributed by atoms with van der Waals surface area (Å²) in [5.74, 6) is -1.04. The average Bonchev–Trinajstić information content (AvgIpc) is 2.58. The molecule has 1 aromatic rings. The summed E-state index contributed by atoms with van der Waals surface area (Å²) >= 11 is 0. The number of carbonyl (C=O) groups is 2. The maximum absolute atomic E-state index is 12.3. The van der Waals surface area contributed by atoms with E-state index < -0.39 is 17.7 Å². The van der Waals surface area contributed by atoms with Crippen molar-refractivity contribution in [2.24, 2.45) is 0 Å². The number of carboxylic acids is 1. The summed E-state index contributed by atoms with van der Waals surface area (Å²) < 4.78 is 10.8. The lowest BCUT2D eigenvalue weighted by Gasteiger charge is -2.27. The summed E-state index contributed by atoms with van der Waals surface area (Å²) in [6.45, 7) is 6.17. The third-order valence-electron chi connectivity index (χ3n) is 2.99. The van der Waals surface area contributed by atoms with Gasteiger partial charge in [0.15, 0.2) is 0 Å². The molecule has 0 radical (unpaired) electrons. The molecule has 1 amide bonds. The fourth-order valence-corrected chi connectivity index (χ4v) is 2.14. The summed E-state index contributed by atoms with van der Waals surface area (Å²) in [6.07, 6.45) is -0.503. The van der Waals surface area contributed by atoms with Crippen molar-refractivity contribution in [1.29, 1.82) is 0 Å². The van der Waals surface area contributed by atoms with E-state index in [9.17, 15) is 14.7 Å². The largest absolute Gasteiger partial charge is 0.478 e. The Morgan fingerprint density at radius 3 is 2.67 bits per heavy atom. The first-order chi connectivity index (χ1) is 9.79. The van der Waals surface area contributed by atoms with Crippen LogP contribution in [0.5, 0.6) is 0 Å². The molecule has 21 heavy (non-hydrogen) atoms. The van der Waals surface area contributed by atoms with E-state index in [0.29, 0.717) is 24.4 Å². The number of carbonyl (C=O) groups excluding carboxylic acids is 1. The number of carboxylic acid groups (broad SMARTS) is 1. The minimum Gasteiger partial charge on any atom is -0.478 e. The number of hydrogen-bond donors (Lipinski definition) is 1. The normalized spacial score (nSPS) is 15.1. The molecule has 0 saturated heterocycles. The van der Waals surface area contributed by atoms with Crippen LogP contribution in [-0.2, 0) is 16.1 Å². The lowest BCUT2D eigenvalue weighted by atomic mass is 10.1. The van der Waals surface area contributed by atoms with Crippen LogP contribution in [0.25, 0.3) is 0 Å². The topological polar surface area (TPSA) is 76.1 Å². The summed E-state index contributed by atoms with van der Waals surface area (Å²) in [5.41, 5.74) is 0.549.